The van der Waals surface area contributed by atoms with Crippen molar-refractivity contribution in [3.8, 4) is 0 Å². The number of halogens is 1. The molecular formula is C12H16FNO3. The van der Waals surface area contributed by atoms with Crippen molar-refractivity contribution in [1.29, 1.82) is 0 Å². The molecule has 94 valence electrons. The molecule has 0 radical (unpaired) electrons. The molecule has 0 atom stereocenters. The van der Waals surface area contributed by atoms with Crippen molar-refractivity contribution < 1.29 is 19.4 Å². The fourth-order valence-corrected chi connectivity index (χ4v) is 1.29. The molecule has 1 rings (SSSR count). The zero-order chi connectivity index (χ0) is 13.1. The van der Waals surface area contributed by atoms with Crippen LogP contribution < -0.4 is 5.32 Å². The molecule has 0 aliphatic rings. The van der Waals surface area contributed by atoms with Gasteiger partial charge in [0.2, 0.25) is 0 Å². The van der Waals surface area contributed by atoms with E-state index in [4.69, 9.17) is 10.2 Å². The minimum atomic E-state index is -1.16. The average molecular weight is 241 g/mol. The topological polar surface area (TPSA) is 69.6 Å². The minimum absolute atomic E-state index is 0.0990. The van der Waals surface area contributed by atoms with E-state index in [0.717, 1.165) is 0 Å². The summed E-state index contributed by atoms with van der Waals surface area (Å²) >= 11 is 0. The van der Waals surface area contributed by atoms with Crippen LogP contribution in [0.4, 0.5) is 4.39 Å². The Morgan fingerprint density at radius 3 is 2.53 bits per heavy atom. The maximum atomic E-state index is 13.6. The van der Waals surface area contributed by atoms with E-state index in [-0.39, 0.29) is 5.56 Å². The van der Waals surface area contributed by atoms with E-state index >= 15 is 0 Å². The van der Waals surface area contributed by atoms with Crippen LogP contribution in [-0.4, -0.2) is 34.9 Å². The Kier molecular flexibility index (Phi) is 4.20. The molecule has 17 heavy (non-hydrogen) atoms. The number of amides is 1. The van der Waals surface area contributed by atoms with Gasteiger partial charge in [0, 0.05) is 0 Å². The molecule has 0 fully saturated rings. The molecule has 1 aromatic rings. The highest BCUT2D eigenvalue weighted by molar-refractivity contribution is 5.95. The molecule has 0 aliphatic heterocycles. The first-order valence-corrected chi connectivity index (χ1v) is 5.23. The van der Waals surface area contributed by atoms with E-state index in [1.807, 2.05) is 0 Å². The van der Waals surface area contributed by atoms with Crippen molar-refractivity contribution in [2.24, 2.45) is 0 Å². The number of carbonyl (C=O) groups excluding carboxylic acids is 1. The quantitative estimate of drug-likeness (QED) is 0.723. The number of hydrogen-bond donors (Lipinski definition) is 3. The Balaban J connectivity index is 2.94. The number of carbonyl (C=O) groups is 1. The molecular weight excluding hydrogens is 225 g/mol. The first kappa shape index (κ1) is 13.6. The lowest BCUT2D eigenvalue weighted by atomic mass is 10.0. The molecule has 4 nitrogen and oxygen atoms in total. The summed E-state index contributed by atoms with van der Waals surface area (Å²) in [4.78, 5) is 11.8. The van der Waals surface area contributed by atoms with Gasteiger partial charge in [0.15, 0.2) is 0 Å². The van der Waals surface area contributed by atoms with E-state index in [1.165, 1.54) is 13.0 Å². The van der Waals surface area contributed by atoms with Gasteiger partial charge >= 0.3 is 0 Å². The molecule has 5 heteroatoms. The number of hydrogen-bond acceptors (Lipinski definition) is 3. The number of aliphatic hydroxyl groups excluding tert-OH is 2. The molecule has 0 bridgehead atoms. The Bertz CT molecular complexity index is 416. The van der Waals surface area contributed by atoms with Gasteiger partial charge in [-0.2, -0.15) is 0 Å². The van der Waals surface area contributed by atoms with Crippen molar-refractivity contribution in [3.05, 3.63) is 35.1 Å². The highest BCUT2D eigenvalue weighted by Crippen LogP contribution is 2.13. The molecule has 1 aromatic carbocycles. The second kappa shape index (κ2) is 5.25. The van der Waals surface area contributed by atoms with E-state index in [2.05, 4.69) is 5.32 Å². The van der Waals surface area contributed by atoms with Crippen LogP contribution in [0.2, 0.25) is 0 Å². The maximum absolute atomic E-state index is 13.6. The fraction of sp³-hybridized carbons (Fsp3) is 0.417. The summed E-state index contributed by atoms with van der Waals surface area (Å²) in [6.45, 7) is 2.17. The highest BCUT2D eigenvalue weighted by Gasteiger charge is 2.26. The number of nitrogens with one attached hydrogen (secondary N) is 1. The molecule has 3 N–H and O–H groups in total. The predicted octanol–water partition coefficient (Wildman–Crippen LogP) is 0.607. The SMILES string of the molecule is Cc1cccc(C(=O)NC(C)(CO)CO)c1F. The van der Waals surface area contributed by atoms with Crippen molar-refractivity contribution in [2.45, 2.75) is 19.4 Å². The van der Waals surface area contributed by atoms with Crippen LogP contribution in [-0.2, 0) is 0 Å². The van der Waals surface area contributed by atoms with Gasteiger partial charge in [-0.25, -0.2) is 4.39 Å². The molecule has 0 unspecified atom stereocenters. The molecule has 0 saturated carbocycles. The van der Waals surface area contributed by atoms with Gasteiger partial charge in [-0.15, -0.1) is 0 Å². The van der Waals surface area contributed by atoms with Crippen molar-refractivity contribution >= 4 is 5.91 Å². The summed E-state index contributed by atoms with van der Waals surface area (Å²) in [7, 11) is 0. The fourth-order valence-electron chi connectivity index (χ4n) is 1.29. The van der Waals surface area contributed by atoms with Crippen molar-refractivity contribution in [3.63, 3.8) is 0 Å². The molecule has 0 aliphatic carbocycles. The zero-order valence-corrected chi connectivity index (χ0v) is 9.83. The van der Waals surface area contributed by atoms with E-state index in [1.54, 1.807) is 19.1 Å². The van der Waals surface area contributed by atoms with Crippen molar-refractivity contribution in [1.82, 2.24) is 5.32 Å². The highest BCUT2D eigenvalue weighted by atomic mass is 19.1. The summed E-state index contributed by atoms with van der Waals surface area (Å²) in [5.74, 6) is -1.25. The lowest BCUT2D eigenvalue weighted by Crippen LogP contribution is -2.51. The van der Waals surface area contributed by atoms with Crippen LogP contribution in [0, 0.1) is 12.7 Å². The summed E-state index contributed by atoms with van der Waals surface area (Å²) in [6.07, 6.45) is 0. The second-order valence-corrected chi connectivity index (χ2v) is 4.27. The van der Waals surface area contributed by atoms with Gasteiger partial charge in [0.25, 0.3) is 5.91 Å². The Hall–Kier alpha value is -1.46. The summed E-state index contributed by atoms with van der Waals surface area (Å²) in [6, 6.07) is 4.48. The van der Waals surface area contributed by atoms with Gasteiger partial charge in [-0.3, -0.25) is 4.79 Å². The summed E-state index contributed by atoms with van der Waals surface area (Å²) in [5.41, 5.74) is -0.890. The van der Waals surface area contributed by atoms with Gasteiger partial charge in [-0.1, -0.05) is 12.1 Å². The Morgan fingerprint density at radius 1 is 1.41 bits per heavy atom. The normalized spacial score (nSPS) is 11.4. The van der Waals surface area contributed by atoms with E-state index in [0.29, 0.717) is 5.56 Å². The van der Waals surface area contributed by atoms with Crippen LogP contribution in [0.15, 0.2) is 18.2 Å². The Labute approximate surface area is 99.1 Å². The van der Waals surface area contributed by atoms with Crippen LogP contribution >= 0.6 is 0 Å². The number of benzene rings is 1. The van der Waals surface area contributed by atoms with Crippen molar-refractivity contribution in [2.75, 3.05) is 13.2 Å². The number of rotatable bonds is 4. The van der Waals surface area contributed by atoms with Gasteiger partial charge in [-0.05, 0) is 25.5 Å². The summed E-state index contributed by atoms with van der Waals surface area (Å²) in [5, 5.41) is 20.5. The van der Waals surface area contributed by atoms with Crippen LogP contribution in [0.3, 0.4) is 0 Å². The summed E-state index contributed by atoms with van der Waals surface area (Å²) < 4.78 is 13.6. The van der Waals surface area contributed by atoms with Gasteiger partial charge in [0.1, 0.15) is 5.82 Å². The zero-order valence-electron chi connectivity index (χ0n) is 9.83. The van der Waals surface area contributed by atoms with Crippen LogP contribution in [0.5, 0.6) is 0 Å². The van der Waals surface area contributed by atoms with Crippen LogP contribution in [0.1, 0.15) is 22.8 Å². The van der Waals surface area contributed by atoms with E-state index < -0.39 is 30.5 Å². The van der Waals surface area contributed by atoms with E-state index in [9.17, 15) is 9.18 Å². The Morgan fingerprint density at radius 2 is 2.00 bits per heavy atom. The molecule has 0 heterocycles. The largest absolute Gasteiger partial charge is 0.394 e. The first-order chi connectivity index (χ1) is 7.93. The maximum Gasteiger partial charge on any atom is 0.254 e. The molecule has 0 spiro atoms. The predicted molar refractivity (Wildman–Crippen MR) is 61.2 cm³/mol. The standard InChI is InChI=1S/C12H16FNO3/c1-8-4-3-5-9(10(8)13)11(17)14-12(2,6-15)7-16/h3-5,15-16H,6-7H2,1-2H3,(H,14,17). The molecule has 0 saturated heterocycles. The van der Waals surface area contributed by atoms with Gasteiger partial charge < -0.3 is 15.5 Å². The monoisotopic (exact) mass is 241 g/mol. The third-order valence-electron chi connectivity index (χ3n) is 2.55. The number of aliphatic hydroxyl groups is 2. The van der Waals surface area contributed by atoms with Crippen LogP contribution in [0.25, 0.3) is 0 Å². The molecule has 1 amide bonds. The second-order valence-electron chi connectivity index (χ2n) is 4.27. The third-order valence-corrected chi connectivity index (χ3v) is 2.55. The molecule has 0 aromatic heterocycles. The van der Waals surface area contributed by atoms with Gasteiger partial charge in [0.05, 0.1) is 24.3 Å². The lowest BCUT2D eigenvalue weighted by molar-refractivity contribution is 0.0720. The average Bonchev–Trinajstić information content (AvgIpc) is 2.32. The smallest absolute Gasteiger partial charge is 0.254 e. The number of aryl methyl sites for hydroxylation is 1. The first-order valence-electron chi connectivity index (χ1n) is 5.23. The minimum Gasteiger partial charge on any atom is -0.394 e. The third kappa shape index (κ3) is 3.01. The lowest BCUT2D eigenvalue weighted by Gasteiger charge is -2.26.